The van der Waals surface area contributed by atoms with Gasteiger partial charge in [-0.15, -0.1) is 0 Å². The zero-order chi connectivity index (χ0) is 18.1. The standard InChI is InChI=1S/C15H10ClF3N2O3/c1-8-3-2-4-10(13(8)21(23)24)14(22)20-9-5-6-12(16)11(7-9)15(17,18)19/h2-7H,1H3,(H,20,22). The smallest absolute Gasteiger partial charge is 0.322 e. The fourth-order valence-corrected chi connectivity index (χ4v) is 2.33. The number of benzene rings is 2. The molecule has 5 nitrogen and oxygen atoms in total. The van der Waals surface area contributed by atoms with E-state index >= 15 is 0 Å². The zero-order valence-electron chi connectivity index (χ0n) is 12.1. The number of para-hydroxylation sites is 1. The normalized spacial score (nSPS) is 11.2. The van der Waals surface area contributed by atoms with Crippen LogP contribution in [0.5, 0.6) is 0 Å². The quantitative estimate of drug-likeness (QED) is 0.631. The first-order chi connectivity index (χ1) is 11.1. The number of alkyl halides is 3. The van der Waals surface area contributed by atoms with Crippen LogP contribution in [-0.4, -0.2) is 10.8 Å². The van der Waals surface area contributed by atoms with Crippen molar-refractivity contribution in [3.8, 4) is 0 Å². The van der Waals surface area contributed by atoms with Crippen molar-refractivity contribution in [3.63, 3.8) is 0 Å². The van der Waals surface area contributed by atoms with E-state index < -0.39 is 33.3 Å². The third kappa shape index (κ3) is 3.65. The number of amides is 1. The van der Waals surface area contributed by atoms with Crippen LogP contribution in [0.1, 0.15) is 21.5 Å². The average Bonchev–Trinajstić information content (AvgIpc) is 2.47. The van der Waals surface area contributed by atoms with Gasteiger partial charge in [-0.25, -0.2) is 0 Å². The molecule has 2 aromatic rings. The average molecular weight is 359 g/mol. The predicted molar refractivity (Wildman–Crippen MR) is 82.2 cm³/mol. The van der Waals surface area contributed by atoms with Gasteiger partial charge in [0.15, 0.2) is 0 Å². The number of nitro benzene ring substituents is 1. The molecule has 2 rings (SSSR count). The SMILES string of the molecule is Cc1cccc(C(=O)Nc2ccc(Cl)c(C(F)(F)F)c2)c1[N+](=O)[O-]. The van der Waals surface area contributed by atoms with Crippen LogP contribution in [0.15, 0.2) is 36.4 Å². The van der Waals surface area contributed by atoms with Crippen LogP contribution in [-0.2, 0) is 6.18 Å². The van der Waals surface area contributed by atoms with Crippen LogP contribution >= 0.6 is 11.6 Å². The molecule has 126 valence electrons. The molecule has 0 spiro atoms. The lowest BCUT2D eigenvalue weighted by molar-refractivity contribution is -0.385. The van der Waals surface area contributed by atoms with Crippen LogP contribution in [0, 0.1) is 17.0 Å². The van der Waals surface area contributed by atoms with E-state index in [4.69, 9.17) is 11.6 Å². The second-order valence-corrected chi connectivity index (χ2v) is 5.28. The van der Waals surface area contributed by atoms with E-state index in [-0.39, 0.29) is 16.8 Å². The molecule has 0 bridgehead atoms. The molecule has 0 saturated carbocycles. The van der Waals surface area contributed by atoms with E-state index in [0.29, 0.717) is 6.07 Å². The maximum Gasteiger partial charge on any atom is 0.417 e. The number of aryl methyl sites for hydroxylation is 1. The fraction of sp³-hybridized carbons (Fsp3) is 0.133. The molecule has 24 heavy (non-hydrogen) atoms. The molecular formula is C15H10ClF3N2O3. The summed E-state index contributed by atoms with van der Waals surface area (Å²) in [4.78, 5) is 22.6. The van der Waals surface area contributed by atoms with Crippen molar-refractivity contribution in [2.45, 2.75) is 13.1 Å². The van der Waals surface area contributed by atoms with Crippen molar-refractivity contribution in [2.75, 3.05) is 5.32 Å². The Morgan fingerprint density at radius 1 is 1.25 bits per heavy atom. The molecule has 0 radical (unpaired) electrons. The van der Waals surface area contributed by atoms with Gasteiger partial charge in [0.2, 0.25) is 0 Å². The number of nitrogens with zero attached hydrogens (tertiary/aromatic N) is 1. The highest BCUT2D eigenvalue weighted by molar-refractivity contribution is 6.31. The molecule has 0 fully saturated rings. The number of carbonyl (C=O) groups excluding carboxylic acids is 1. The lowest BCUT2D eigenvalue weighted by atomic mass is 10.1. The number of halogens is 4. The summed E-state index contributed by atoms with van der Waals surface area (Å²) in [7, 11) is 0. The van der Waals surface area contributed by atoms with Crippen molar-refractivity contribution < 1.29 is 22.9 Å². The summed E-state index contributed by atoms with van der Waals surface area (Å²) < 4.78 is 38.5. The van der Waals surface area contributed by atoms with Gasteiger partial charge in [0.1, 0.15) is 5.56 Å². The number of nitro groups is 1. The minimum Gasteiger partial charge on any atom is -0.322 e. The Morgan fingerprint density at radius 3 is 2.50 bits per heavy atom. The summed E-state index contributed by atoms with van der Waals surface area (Å²) in [5.41, 5.74) is -1.67. The van der Waals surface area contributed by atoms with Gasteiger partial charge in [0.05, 0.1) is 15.5 Å². The van der Waals surface area contributed by atoms with Gasteiger partial charge in [-0.05, 0) is 31.2 Å². The Balaban J connectivity index is 2.38. The van der Waals surface area contributed by atoms with Crippen molar-refractivity contribution in [2.24, 2.45) is 0 Å². The number of nitrogens with one attached hydrogen (secondary N) is 1. The van der Waals surface area contributed by atoms with Gasteiger partial charge in [0, 0.05) is 11.3 Å². The third-order valence-electron chi connectivity index (χ3n) is 3.19. The number of hydrogen-bond donors (Lipinski definition) is 1. The molecule has 0 aliphatic heterocycles. The van der Waals surface area contributed by atoms with Gasteiger partial charge < -0.3 is 5.32 Å². The molecular weight excluding hydrogens is 349 g/mol. The van der Waals surface area contributed by atoms with E-state index in [1.807, 2.05) is 0 Å². The molecule has 0 aliphatic rings. The minimum atomic E-state index is -4.69. The molecule has 0 aliphatic carbocycles. The van der Waals surface area contributed by atoms with E-state index in [1.54, 1.807) is 0 Å². The monoisotopic (exact) mass is 358 g/mol. The highest BCUT2D eigenvalue weighted by Gasteiger charge is 2.33. The van der Waals surface area contributed by atoms with Crippen LogP contribution in [0.2, 0.25) is 5.02 Å². The maximum absolute atomic E-state index is 12.8. The van der Waals surface area contributed by atoms with Crippen LogP contribution < -0.4 is 5.32 Å². The van der Waals surface area contributed by atoms with E-state index in [0.717, 1.165) is 6.07 Å². The number of anilines is 1. The largest absolute Gasteiger partial charge is 0.417 e. The summed E-state index contributed by atoms with van der Waals surface area (Å²) in [5, 5.41) is 12.8. The molecule has 2 aromatic carbocycles. The lowest BCUT2D eigenvalue weighted by Gasteiger charge is -2.12. The number of carbonyl (C=O) groups is 1. The number of rotatable bonds is 3. The van der Waals surface area contributed by atoms with Gasteiger partial charge in [-0.2, -0.15) is 13.2 Å². The summed E-state index contributed by atoms with van der Waals surface area (Å²) in [6.07, 6.45) is -4.69. The minimum absolute atomic E-state index is 0.174. The second-order valence-electron chi connectivity index (χ2n) is 4.87. The van der Waals surface area contributed by atoms with Gasteiger partial charge in [-0.1, -0.05) is 23.7 Å². The van der Waals surface area contributed by atoms with E-state index in [9.17, 15) is 28.1 Å². The van der Waals surface area contributed by atoms with Crippen molar-refractivity contribution in [3.05, 3.63) is 68.2 Å². The molecule has 0 aromatic heterocycles. The van der Waals surface area contributed by atoms with Crippen LogP contribution in [0.25, 0.3) is 0 Å². The summed E-state index contributed by atoms with van der Waals surface area (Å²) in [6.45, 7) is 1.46. The first kappa shape index (κ1) is 17.7. The molecule has 0 saturated heterocycles. The summed E-state index contributed by atoms with van der Waals surface area (Å²) in [5.74, 6) is -0.888. The predicted octanol–water partition coefficient (Wildman–Crippen LogP) is 4.83. The van der Waals surface area contributed by atoms with Crippen molar-refractivity contribution >= 4 is 28.9 Å². The topological polar surface area (TPSA) is 72.2 Å². The van der Waals surface area contributed by atoms with Crippen LogP contribution in [0.4, 0.5) is 24.5 Å². The second kappa shape index (κ2) is 6.48. The van der Waals surface area contributed by atoms with Gasteiger partial charge in [0.25, 0.3) is 11.6 Å². The fourth-order valence-electron chi connectivity index (χ4n) is 2.10. The molecule has 1 N–H and O–H groups in total. The molecule has 0 heterocycles. The zero-order valence-corrected chi connectivity index (χ0v) is 12.9. The molecule has 1 amide bonds. The summed E-state index contributed by atoms with van der Waals surface area (Å²) >= 11 is 5.50. The van der Waals surface area contributed by atoms with Gasteiger partial charge in [-0.3, -0.25) is 14.9 Å². The maximum atomic E-state index is 12.8. The molecule has 0 atom stereocenters. The molecule has 9 heteroatoms. The van der Waals surface area contributed by atoms with Crippen molar-refractivity contribution in [1.82, 2.24) is 0 Å². The van der Waals surface area contributed by atoms with E-state index in [2.05, 4.69) is 5.32 Å². The summed E-state index contributed by atoms with van der Waals surface area (Å²) in [6, 6.07) is 6.96. The Bertz CT molecular complexity index is 822. The first-order valence-corrected chi connectivity index (χ1v) is 6.91. The van der Waals surface area contributed by atoms with Crippen molar-refractivity contribution in [1.29, 1.82) is 0 Å². The van der Waals surface area contributed by atoms with Gasteiger partial charge >= 0.3 is 6.18 Å². The third-order valence-corrected chi connectivity index (χ3v) is 3.52. The highest BCUT2D eigenvalue weighted by atomic mass is 35.5. The highest BCUT2D eigenvalue weighted by Crippen LogP contribution is 2.36. The Hall–Kier alpha value is -2.61. The number of hydrogen-bond acceptors (Lipinski definition) is 3. The van der Waals surface area contributed by atoms with E-state index in [1.165, 1.54) is 31.2 Å². The van der Waals surface area contributed by atoms with Crippen LogP contribution in [0.3, 0.4) is 0 Å². The Labute approximate surface area is 139 Å². The lowest BCUT2D eigenvalue weighted by Crippen LogP contribution is -2.15. The first-order valence-electron chi connectivity index (χ1n) is 6.53. The Morgan fingerprint density at radius 2 is 1.92 bits per heavy atom. The molecule has 0 unspecified atom stereocenters. The Kier molecular flexibility index (Phi) is 4.79.